The summed E-state index contributed by atoms with van der Waals surface area (Å²) >= 11 is 0. The lowest BCUT2D eigenvalue weighted by atomic mass is 9.82. The van der Waals surface area contributed by atoms with Crippen molar-refractivity contribution in [1.82, 2.24) is 0 Å². The predicted octanol–water partition coefficient (Wildman–Crippen LogP) is 10.4. The van der Waals surface area contributed by atoms with Crippen molar-refractivity contribution in [1.29, 1.82) is 0 Å². The number of rotatable bonds is 22. The van der Waals surface area contributed by atoms with Crippen LogP contribution in [0, 0.1) is 77.0 Å². The first kappa shape index (κ1) is 60.2. The Morgan fingerprint density at radius 2 is 0.635 bits per heavy atom. The maximum absolute atomic E-state index is 13.5. The lowest BCUT2D eigenvalue weighted by Crippen LogP contribution is -2.31. The van der Waals surface area contributed by atoms with Crippen LogP contribution in [-0.2, 0) is 57.3 Å². The van der Waals surface area contributed by atoms with E-state index in [1.54, 1.807) is 26.0 Å². The van der Waals surface area contributed by atoms with E-state index in [0.29, 0.717) is 159 Å². The number of unbranched alkanes of at least 4 members (excludes halogenated alkanes) is 2. The van der Waals surface area contributed by atoms with Crippen LogP contribution in [0.1, 0.15) is 150 Å². The van der Waals surface area contributed by atoms with Crippen molar-refractivity contribution in [3.63, 3.8) is 0 Å². The number of hydrogen-bond acceptors (Lipinski definition) is 16. The summed E-state index contributed by atoms with van der Waals surface area (Å²) in [7, 11) is 0. The lowest BCUT2D eigenvalue weighted by molar-refractivity contribution is -0.152. The van der Waals surface area contributed by atoms with Gasteiger partial charge in [-0.3, -0.25) is 28.8 Å². The molecule has 3 fully saturated rings. The molecule has 0 N–H and O–H groups in total. The van der Waals surface area contributed by atoms with Crippen LogP contribution in [0.3, 0.4) is 0 Å². The van der Waals surface area contributed by atoms with Crippen LogP contribution >= 0.6 is 0 Å². The summed E-state index contributed by atoms with van der Waals surface area (Å²) in [5.74, 6) is -3.66. The largest absolute Gasteiger partial charge is 0.465 e. The summed E-state index contributed by atoms with van der Waals surface area (Å²) in [5, 5.41) is 0. The average molecular weight is 1030 g/mol. The Kier molecular flexibility index (Phi) is 24.5. The first-order chi connectivity index (χ1) is 35.4. The van der Waals surface area contributed by atoms with E-state index >= 15 is 0 Å². The van der Waals surface area contributed by atoms with Gasteiger partial charge < -0.3 is 37.9 Å². The zero-order valence-electron chi connectivity index (χ0n) is 44.9. The molecule has 0 saturated heterocycles. The minimum atomic E-state index is -0.489. The van der Waals surface area contributed by atoms with Crippen molar-refractivity contribution in [2.75, 3.05) is 26.4 Å². The molecule has 0 atom stereocenters. The molecule has 16 nitrogen and oxygen atoms in total. The number of esters is 8. The van der Waals surface area contributed by atoms with Gasteiger partial charge in [-0.15, -0.1) is 0 Å². The number of hydrogen-bond donors (Lipinski definition) is 0. The van der Waals surface area contributed by atoms with Crippen LogP contribution in [-0.4, -0.2) is 74.2 Å². The normalized spacial score (nSPS) is 20.2. The van der Waals surface area contributed by atoms with Crippen molar-refractivity contribution in [3.05, 3.63) is 70.8 Å². The fourth-order valence-corrected chi connectivity index (χ4v) is 9.47. The van der Waals surface area contributed by atoms with Crippen molar-refractivity contribution in [2.24, 2.45) is 35.5 Å². The summed E-state index contributed by atoms with van der Waals surface area (Å²) in [5.41, 5.74) is 3.96. The minimum Gasteiger partial charge on any atom is -0.465 e. The molecule has 3 aliphatic carbocycles. The monoisotopic (exact) mass is 1030 g/mol. The summed E-state index contributed by atoms with van der Waals surface area (Å²) < 4.78 is 44.5. The van der Waals surface area contributed by atoms with Crippen LogP contribution in [0.5, 0.6) is 23.0 Å². The molecule has 0 bridgehead atoms. The molecule has 16 heteroatoms. The molecule has 406 valence electrons. The number of ether oxygens (including phenoxy) is 8. The van der Waals surface area contributed by atoms with Crippen molar-refractivity contribution in [3.8, 4) is 23.0 Å². The lowest BCUT2D eigenvalue weighted by Gasteiger charge is -2.27. The Bertz CT molecular complexity index is 2160. The van der Waals surface area contributed by atoms with E-state index in [0.717, 1.165) is 12.2 Å². The highest BCUT2D eigenvalue weighted by Crippen LogP contribution is 2.40. The SMILES string of the molecule is C=CC(=O)OCCCCOC(=O)C1CCC(C(=O)Oc2c(C)cc(OC(=O)C3CCC(C(=O)Oc4cc(C)c(OC(=O)C5CCC(C(=O)OCCCCOC(=O)C=C)CC5)c(C)c4C)CC3)c(C)c2C)CC1.CC. The Morgan fingerprint density at radius 3 is 0.905 bits per heavy atom. The molecule has 2 aromatic carbocycles. The molecule has 0 heterocycles. The molecule has 0 spiro atoms. The molecule has 2 aromatic rings. The maximum atomic E-state index is 13.5. The molecule has 0 amide bonds. The van der Waals surface area contributed by atoms with Crippen LogP contribution in [0.2, 0.25) is 0 Å². The second kappa shape index (κ2) is 30.1. The molecule has 74 heavy (non-hydrogen) atoms. The van der Waals surface area contributed by atoms with Gasteiger partial charge in [-0.1, -0.05) is 27.0 Å². The summed E-state index contributed by atoms with van der Waals surface area (Å²) in [6.45, 7) is 22.4. The average Bonchev–Trinajstić information content (AvgIpc) is 3.41. The van der Waals surface area contributed by atoms with E-state index in [9.17, 15) is 38.4 Å². The van der Waals surface area contributed by atoms with Gasteiger partial charge in [0.2, 0.25) is 0 Å². The standard InChI is InChI=1S/C56H72O16.C2H6/c1-9-47(57)65-27-11-13-29-67-51(59)39-15-19-43(20-16-39)55(63)71-49-33(3)31-45(35(5)37(49)7)69-53(61)41-23-25-42(26-24-41)54(62)70-46-32-34(4)50(38(8)36(46)6)72-56(64)44-21-17-40(18-22-44)52(60)68-30-14-12-28-66-48(58)10-2;1-2/h9-10,31-32,39-44H,1-2,11-30H2,3-8H3;1-2H3. The molecule has 0 unspecified atom stereocenters. The van der Waals surface area contributed by atoms with Gasteiger partial charge in [-0.2, -0.15) is 0 Å². The van der Waals surface area contributed by atoms with Crippen molar-refractivity contribution in [2.45, 2.75) is 158 Å². The highest BCUT2D eigenvalue weighted by molar-refractivity contribution is 5.82. The van der Waals surface area contributed by atoms with Gasteiger partial charge in [0.25, 0.3) is 0 Å². The van der Waals surface area contributed by atoms with Crippen LogP contribution in [0.15, 0.2) is 37.4 Å². The van der Waals surface area contributed by atoms with Gasteiger partial charge in [0, 0.05) is 12.2 Å². The van der Waals surface area contributed by atoms with E-state index in [-0.39, 0.29) is 74.0 Å². The van der Waals surface area contributed by atoms with Gasteiger partial charge in [0.05, 0.1) is 61.9 Å². The fourth-order valence-electron chi connectivity index (χ4n) is 9.47. The first-order valence-electron chi connectivity index (χ1n) is 26.4. The molecule has 0 aliphatic heterocycles. The predicted molar refractivity (Wildman–Crippen MR) is 274 cm³/mol. The number of carbonyl (C=O) groups excluding carboxylic acids is 8. The zero-order chi connectivity index (χ0) is 54.5. The van der Waals surface area contributed by atoms with Crippen LogP contribution < -0.4 is 18.9 Å². The van der Waals surface area contributed by atoms with Gasteiger partial charge in [0.1, 0.15) is 23.0 Å². The topological polar surface area (TPSA) is 210 Å². The summed E-state index contributed by atoms with van der Waals surface area (Å²) in [4.78, 5) is 101. The van der Waals surface area contributed by atoms with Gasteiger partial charge >= 0.3 is 47.8 Å². The summed E-state index contributed by atoms with van der Waals surface area (Å²) in [6.07, 6.45) is 10.2. The van der Waals surface area contributed by atoms with Crippen molar-refractivity contribution < 1.29 is 76.3 Å². The zero-order valence-corrected chi connectivity index (χ0v) is 44.9. The Morgan fingerprint density at radius 1 is 0.392 bits per heavy atom. The van der Waals surface area contributed by atoms with Crippen LogP contribution in [0.25, 0.3) is 0 Å². The Balaban J connectivity index is 0.00000585. The van der Waals surface area contributed by atoms with Crippen LogP contribution in [0.4, 0.5) is 0 Å². The minimum absolute atomic E-state index is 0.229. The fraction of sp³-hybridized carbons (Fsp3) is 0.586. The third kappa shape index (κ3) is 17.4. The van der Waals surface area contributed by atoms with Gasteiger partial charge in [-0.25, -0.2) is 9.59 Å². The van der Waals surface area contributed by atoms with E-state index in [1.807, 2.05) is 41.5 Å². The molecular weight excluding hydrogens is 953 g/mol. The second-order valence-corrected chi connectivity index (χ2v) is 19.4. The highest BCUT2D eigenvalue weighted by atomic mass is 16.6. The van der Waals surface area contributed by atoms with E-state index < -0.39 is 35.7 Å². The number of carbonyl (C=O) groups is 8. The molecule has 0 radical (unpaired) electrons. The van der Waals surface area contributed by atoms with Crippen molar-refractivity contribution >= 4 is 47.8 Å². The maximum Gasteiger partial charge on any atom is 0.330 e. The quantitative estimate of drug-likeness (QED) is 0.0353. The molecule has 0 aromatic heterocycles. The smallest absolute Gasteiger partial charge is 0.330 e. The first-order valence-corrected chi connectivity index (χ1v) is 26.4. The third-order valence-corrected chi connectivity index (χ3v) is 14.4. The highest BCUT2D eigenvalue weighted by Gasteiger charge is 2.36. The van der Waals surface area contributed by atoms with Gasteiger partial charge in [0.15, 0.2) is 0 Å². The van der Waals surface area contributed by atoms with Gasteiger partial charge in [-0.05, 0) is 190 Å². The van der Waals surface area contributed by atoms with E-state index in [2.05, 4.69) is 13.2 Å². The van der Waals surface area contributed by atoms with E-state index in [1.165, 1.54) is 0 Å². The van der Waals surface area contributed by atoms with E-state index in [4.69, 9.17) is 37.9 Å². The molecule has 5 rings (SSSR count). The molecule has 3 aliphatic rings. The Labute approximate surface area is 436 Å². The number of benzene rings is 2. The number of aryl methyl sites for hydroxylation is 2. The molecule has 3 saturated carbocycles. The Hall–Kier alpha value is -6.32. The molecular formula is C58H78O16. The summed E-state index contributed by atoms with van der Waals surface area (Å²) in [6, 6.07) is 3.40. The third-order valence-electron chi connectivity index (χ3n) is 14.4. The second-order valence-electron chi connectivity index (χ2n) is 19.4.